The zero-order chi connectivity index (χ0) is 12.9. The third-order valence-corrected chi connectivity index (χ3v) is 5.39. The van der Waals surface area contributed by atoms with Crippen molar-refractivity contribution in [1.29, 1.82) is 0 Å². The first-order valence-electron chi connectivity index (χ1n) is 6.92. The van der Waals surface area contributed by atoms with E-state index in [1.165, 1.54) is 12.8 Å². The molecule has 0 heterocycles. The first-order valence-corrected chi connectivity index (χ1v) is 8.07. The van der Waals surface area contributed by atoms with Gasteiger partial charge in [0.2, 0.25) is 0 Å². The lowest BCUT2D eigenvalue weighted by Crippen LogP contribution is -2.46. The molecule has 102 valence electrons. The molecule has 0 aliphatic heterocycles. The lowest BCUT2D eigenvalue weighted by atomic mass is 9.62. The van der Waals surface area contributed by atoms with Gasteiger partial charge in [-0.3, -0.25) is 0 Å². The van der Waals surface area contributed by atoms with Gasteiger partial charge in [0.1, 0.15) is 0 Å². The third kappa shape index (κ3) is 4.15. The van der Waals surface area contributed by atoms with Gasteiger partial charge in [-0.2, -0.15) is 11.8 Å². The van der Waals surface area contributed by atoms with E-state index in [1.54, 1.807) is 0 Å². The maximum absolute atomic E-state index is 10.4. The van der Waals surface area contributed by atoms with Crippen molar-refractivity contribution in [2.75, 3.05) is 18.1 Å². The highest BCUT2D eigenvalue weighted by Gasteiger charge is 2.41. The van der Waals surface area contributed by atoms with E-state index in [9.17, 15) is 5.11 Å². The number of aliphatic hydroxyl groups is 1. The van der Waals surface area contributed by atoms with Gasteiger partial charge in [-0.15, -0.1) is 0 Å². The molecule has 3 heteroatoms. The van der Waals surface area contributed by atoms with Crippen LogP contribution in [0.1, 0.15) is 52.9 Å². The molecule has 1 rings (SSSR count). The van der Waals surface area contributed by atoms with Crippen LogP contribution in [-0.4, -0.2) is 29.3 Å². The summed E-state index contributed by atoms with van der Waals surface area (Å²) in [5, 5.41) is 10.4. The smallest absolute Gasteiger partial charge is 0.0616 e. The molecule has 0 aromatic carbocycles. The van der Waals surface area contributed by atoms with E-state index in [2.05, 4.69) is 20.8 Å². The molecule has 1 atom stereocenters. The van der Waals surface area contributed by atoms with Crippen molar-refractivity contribution in [2.24, 2.45) is 16.6 Å². The Bertz CT molecular complexity index is 220. The van der Waals surface area contributed by atoms with Crippen LogP contribution >= 0.6 is 11.8 Å². The maximum Gasteiger partial charge on any atom is 0.0616 e. The summed E-state index contributed by atoms with van der Waals surface area (Å²) in [6.45, 7) is 7.46. The van der Waals surface area contributed by atoms with E-state index in [1.807, 2.05) is 11.8 Å². The largest absolute Gasteiger partial charge is 0.392 e. The number of hydrogen-bond donors (Lipinski definition) is 2. The fraction of sp³-hybridized carbons (Fsp3) is 1.00. The molecule has 17 heavy (non-hydrogen) atoms. The second-order valence-electron chi connectivity index (χ2n) is 6.23. The minimum absolute atomic E-state index is 0.00379. The summed E-state index contributed by atoms with van der Waals surface area (Å²) in [5.41, 5.74) is 6.41. The normalized spacial score (nSPS) is 24.5. The van der Waals surface area contributed by atoms with E-state index in [0.717, 1.165) is 30.8 Å². The molecule has 1 aliphatic rings. The van der Waals surface area contributed by atoms with Gasteiger partial charge in [-0.25, -0.2) is 0 Å². The minimum Gasteiger partial charge on any atom is -0.392 e. The van der Waals surface area contributed by atoms with Crippen LogP contribution in [0.4, 0.5) is 0 Å². The predicted octanol–water partition coefficient (Wildman–Crippen LogP) is 3.04. The Labute approximate surface area is 111 Å². The molecule has 1 fully saturated rings. The molecule has 0 saturated heterocycles. The first-order chi connectivity index (χ1) is 7.96. The van der Waals surface area contributed by atoms with Gasteiger partial charge in [-0.1, -0.05) is 20.8 Å². The Morgan fingerprint density at radius 2 is 1.82 bits per heavy atom. The summed E-state index contributed by atoms with van der Waals surface area (Å²) >= 11 is 1.91. The zero-order valence-electron chi connectivity index (χ0n) is 11.7. The zero-order valence-corrected chi connectivity index (χ0v) is 12.5. The molecule has 0 aromatic heterocycles. The van der Waals surface area contributed by atoms with Crippen molar-refractivity contribution >= 4 is 11.8 Å². The van der Waals surface area contributed by atoms with Crippen LogP contribution < -0.4 is 5.73 Å². The summed E-state index contributed by atoms with van der Waals surface area (Å²) in [4.78, 5) is 0. The van der Waals surface area contributed by atoms with E-state index >= 15 is 0 Å². The Morgan fingerprint density at radius 1 is 1.24 bits per heavy atom. The molecule has 0 radical (unpaired) electrons. The van der Waals surface area contributed by atoms with Crippen molar-refractivity contribution < 1.29 is 5.11 Å². The molecule has 0 aromatic rings. The van der Waals surface area contributed by atoms with Gasteiger partial charge >= 0.3 is 0 Å². The SMILES string of the molecule is CCSCCC(O)C1(CN)CCC(C)(C)CC1. The van der Waals surface area contributed by atoms with Crippen LogP contribution in [0.2, 0.25) is 0 Å². The second-order valence-corrected chi connectivity index (χ2v) is 7.63. The maximum atomic E-state index is 10.4. The van der Waals surface area contributed by atoms with Crippen molar-refractivity contribution in [3.05, 3.63) is 0 Å². The lowest BCUT2D eigenvalue weighted by Gasteiger charge is -2.45. The summed E-state index contributed by atoms with van der Waals surface area (Å²) < 4.78 is 0. The highest BCUT2D eigenvalue weighted by Crippen LogP contribution is 2.47. The quantitative estimate of drug-likeness (QED) is 0.721. The summed E-state index contributed by atoms with van der Waals surface area (Å²) in [5.74, 6) is 2.19. The monoisotopic (exact) mass is 259 g/mol. The fourth-order valence-corrected chi connectivity index (χ4v) is 3.42. The molecule has 2 nitrogen and oxygen atoms in total. The van der Waals surface area contributed by atoms with Crippen LogP contribution in [-0.2, 0) is 0 Å². The molecule has 1 aliphatic carbocycles. The highest BCUT2D eigenvalue weighted by molar-refractivity contribution is 7.99. The van der Waals surface area contributed by atoms with Crippen LogP contribution in [0, 0.1) is 10.8 Å². The molecular weight excluding hydrogens is 230 g/mol. The molecule has 1 unspecified atom stereocenters. The Kier molecular flexibility index (Phi) is 5.81. The fourth-order valence-electron chi connectivity index (χ4n) is 2.74. The second kappa shape index (κ2) is 6.44. The molecule has 0 amide bonds. The molecule has 1 saturated carbocycles. The van der Waals surface area contributed by atoms with Crippen molar-refractivity contribution in [3.63, 3.8) is 0 Å². The number of thioether (sulfide) groups is 1. The number of aliphatic hydroxyl groups excluding tert-OH is 1. The van der Waals surface area contributed by atoms with Gasteiger partial charge in [-0.05, 0) is 49.0 Å². The minimum atomic E-state index is -0.206. The van der Waals surface area contributed by atoms with E-state index in [-0.39, 0.29) is 11.5 Å². The Morgan fingerprint density at radius 3 is 2.29 bits per heavy atom. The van der Waals surface area contributed by atoms with Gasteiger partial charge in [0.15, 0.2) is 0 Å². The van der Waals surface area contributed by atoms with Gasteiger partial charge in [0.05, 0.1) is 6.10 Å². The van der Waals surface area contributed by atoms with Crippen LogP contribution in [0.25, 0.3) is 0 Å². The van der Waals surface area contributed by atoms with Gasteiger partial charge in [0.25, 0.3) is 0 Å². The average molecular weight is 259 g/mol. The van der Waals surface area contributed by atoms with Crippen LogP contribution in [0.3, 0.4) is 0 Å². The predicted molar refractivity (Wildman–Crippen MR) is 77.4 cm³/mol. The molecule has 3 N–H and O–H groups in total. The lowest BCUT2D eigenvalue weighted by molar-refractivity contribution is -0.0226. The number of hydrogen-bond acceptors (Lipinski definition) is 3. The molecular formula is C14H29NOS. The topological polar surface area (TPSA) is 46.2 Å². The van der Waals surface area contributed by atoms with Crippen LogP contribution in [0.15, 0.2) is 0 Å². The van der Waals surface area contributed by atoms with E-state index in [0.29, 0.717) is 12.0 Å². The molecule has 0 spiro atoms. The van der Waals surface area contributed by atoms with E-state index < -0.39 is 0 Å². The van der Waals surface area contributed by atoms with Crippen molar-refractivity contribution in [3.8, 4) is 0 Å². The first kappa shape index (κ1) is 15.3. The molecule has 0 bridgehead atoms. The van der Waals surface area contributed by atoms with Gasteiger partial charge in [0, 0.05) is 12.0 Å². The van der Waals surface area contributed by atoms with Gasteiger partial charge < -0.3 is 10.8 Å². The summed E-state index contributed by atoms with van der Waals surface area (Å²) in [6, 6.07) is 0. The highest BCUT2D eigenvalue weighted by atomic mass is 32.2. The average Bonchev–Trinajstić information content (AvgIpc) is 2.30. The van der Waals surface area contributed by atoms with E-state index in [4.69, 9.17) is 5.73 Å². The Hall–Kier alpha value is 0.270. The van der Waals surface area contributed by atoms with Crippen molar-refractivity contribution in [1.82, 2.24) is 0 Å². The summed E-state index contributed by atoms with van der Waals surface area (Å²) in [6.07, 6.45) is 5.27. The standard InChI is InChI=1S/C14H29NOS/c1-4-17-10-5-12(16)14(11-15)8-6-13(2,3)7-9-14/h12,16H,4-11,15H2,1-3H3. The Balaban J connectivity index is 2.51. The summed E-state index contributed by atoms with van der Waals surface area (Å²) in [7, 11) is 0. The van der Waals surface area contributed by atoms with Crippen LogP contribution in [0.5, 0.6) is 0 Å². The number of nitrogens with two attached hydrogens (primary N) is 1. The number of rotatable bonds is 6. The third-order valence-electron chi connectivity index (χ3n) is 4.45. The van der Waals surface area contributed by atoms with Crippen molar-refractivity contribution in [2.45, 2.75) is 59.0 Å².